The molecule has 0 saturated carbocycles. The van der Waals surface area contributed by atoms with Gasteiger partial charge in [0.2, 0.25) is 0 Å². The highest BCUT2D eigenvalue weighted by atomic mass is 16.5. The van der Waals surface area contributed by atoms with Crippen molar-refractivity contribution >= 4 is 5.69 Å². The van der Waals surface area contributed by atoms with Gasteiger partial charge in [0.15, 0.2) is 0 Å². The van der Waals surface area contributed by atoms with Gasteiger partial charge >= 0.3 is 0 Å². The molecule has 2 aromatic rings. The van der Waals surface area contributed by atoms with E-state index in [0.29, 0.717) is 0 Å². The van der Waals surface area contributed by atoms with E-state index in [1.807, 2.05) is 36.4 Å². The normalized spacial score (nSPS) is 12.0. The van der Waals surface area contributed by atoms with Crippen LogP contribution in [0.25, 0.3) is 0 Å². The maximum Gasteiger partial charge on any atom is 0.119 e. The Morgan fingerprint density at radius 2 is 1.67 bits per heavy atom. The molecule has 0 aromatic heterocycles. The fourth-order valence-corrected chi connectivity index (χ4v) is 2.46. The Balaban J connectivity index is 2.21. The predicted molar refractivity (Wildman–Crippen MR) is 87.1 cm³/mol. The Bertz CT molecular complexity index is 562. The molecule has 112 valence electrons. The van der Waals surface area contributed by atoms with Gasteiger partial charge in [0.1, 0.15) is 11.9 Å². The molecule has 0 aliphatic heterocycles. The van der Waals surface area contributed by atoms with Crippen LogP contribution in [0.1, 0.15) is 31.1 Å². The molecule has 0 spiro atoms. The third kappa shape index (κ3) is 3.56. The number of hydrogen-bond donors (Lipinski definition) is 1. The Morgan fingerprint density at radius 1 is 1.00 bits per heavy atom. The average molecular weight is 285 g/mol. The molecule has 0 saturated heterocycles. The number of aliphatic hydroxyl groups is 1. The number of anilines is 1. The number of benzene rings is 2. The van der Waals surface area contributed by atoms with E-state index < -0.39 is 6.10 Å². The fourth-order valence-electron chi connectivity index (χ4n) is 2.46. The van der Waals surface area contributed by atoms with Gasteiger partial charge in [-0.05, 0) is 49.2 Å². The number of ether oxygens (including phenoxy) is 1. The van der Waals surface area contributed by atoms with Gasteiger partial charge in [-0.3, -0.25) is 0 Å². The van der Waals surface area contributed by atoms with E-state index >= 15 is 0 Å². The highest BCUT2D eigenvalue weighted by Gasteiger charge is 2.11. The highest BCUT2D eigenvalue weighted by Crippen LogP contribution is 2.26. The Labute approximate surface area is 126 Å². The molecule has 0 heterocycles. The molecule has 1 atom stereocenters. The molecule has 0 fully saturated rings. The van der Waals surface area contributed by atoms with Crippen molar-refractivity contribution in [1.29, 1.82) is 0 Å². The van der Waals surface area contributed by atoms with Gasteiger partial charge in [-0.15, -0.1) is 0 Å². The molecule has 0 aliphatic rings. The van der Waals surface area contributed by atoms with E-state index in [1.54, 1.807) is 7.11 Å². The Hall–Kier alpha value is -2.00. The summed E-state index contributed by atoms with van der Waals surface area (Å²) in [6.07, 6.45) is -0.633. The number of hydrogen-bond acceptors (Lipinski definition) is 3. The molecule has 3 nitrogen and oxygen atoms in total. The molecule has 0 aliphatic carbocycles. The van der Waals surface area contributed by atoms with Gasteiger partial charge in [-0.1, -0.05) is 24.3 Å². The van der Waals surface area contributed by atoms with Crippen molar-refractivity contribution in [3.05, 3.63) is 59.7 Å². The molecular weight excluding hydrogens is 262 g/mol. The smallest absolute Gasteiger partial charge is 0.119 e. The lowest BCUT2D eigenvalue weighted by molar-refractivity contribution is 0.220. The van der Waals surface area contributed by atoms with E-state index in [-0.39, 0.29) is 0 Å². The molecule has 21 heavy (non-hydrogen) atoms. The first kappa shape index (κ1) is 15.4. The summed E-state index contributed by atoms with van der Waals surface area (Å²) >= 11 is 0. The fraction of sp³-hybridized carbons (Fsp3) is 0.333. The van der Waals surface area contributed by atoms with Gasteiger partial charge in [0, 0.05) is 18.8 Å². The summed E-state index contributed by atoms with van der Waals surface area (Å²) < 4.78 is 5.20. The molecule has 2 aromatic carbocycles. The van der Waals surface area contributed by atoms with Crippen LogP contribution in [0.3, 0.4) is 0 Å². The van der Waals surface area contributed by atoms with Crippen LogP contribution < -0.4 is 9.64 Å². The molecular formula is C18H23NO2. The molecule has 0 radical (unpaired) electrons. The minimum atomic E-state index is -0.633. The lowest BCUT2D eigenvalue weighted by Crippen LogP contribution is -2.21. The third-order valence-corrected chi connectivity index (χ3v) is 3.75. The van der Waals surface area contributed by atoms with Crippen LogP contribution in [0.4, 0.5) is 5.69 Å². The lowest BCUT2D eigenvalue weighted by Gasteiger charge is -2.21. The zero-order valence-corrected chi connectivity index (χ0v) is 12.9. The first-order valence-corrected chi connectivity index (χ1v) is 7.36. The monoisotopic (exact) mass is 285 g/mol. The minimum absolute atomic E-state index is 0.633. The third-order valence-electron chi connectivity index (χ3n) is 3.75. The SMILES string of the molecule is CCN(CC)c1ccc(C(O)c2cccc(OC)c2)cc1. The number of aliphatic hydroxyl groups excluding tert-OH is 1. The van der Waals surface area contributed by atoms with Gasteiger partial charge < -0.3 is 14.7 Å². The van der Waals surface area contributed by atoms with Gasteiger partial charge in [0.25, 0.3) is 0 Å². The van der Waals surface area contributed by atoms with Gasteiger partial charge in [-0.2, -0.15) is 0 Å². The summed E-state index contributed by atoms with van der Waals surface area (Å²) in [5, 5.41) is 10.5. The summed E-state index contributed by atoms with van der Waals surface area (Å²) in [5.74, 6) is 0.756. The summed E-state index contributed by atoms with van der Waals surface area (Å²) in [5.41, 5.74) is 2.91. The second-order valence-corrected chi connectivity index (χ2v) is 4.94. The van der Waals surface area contributed by atoms with E-state index in [1.165, 1.54) is 5.69 Å². The van der Waals surface area contributed by atoms with Crippen molar-refractivity contribution in [3.8, 4) is 5.75 Å². The predicted octanol–water partition coefficient (Wildman–Crippen LogP) is 3.62. The summed E-state index contributed by atoms with van der Waals surface area (Å²) in [4.78, 5) is 2.28. The maximum atomic E-state index is 10.5. The topological polar surface area (TPSA) is 32.7 Å². The first-order valence-electron chi connectivity index (χ1n) is 7.36. The number of methoxy groups -OCH3 is 1. The van der Waals surface area contributed by atoms with Crippen LogP contribution in [-0.2, 0) is 0 Å². The quantitative estimate of drug-likeness (QED) is 0.880. The molecule has 1 unspecified atom stereocenters. The van der Waals surface area contributed by atoms with Crippen molar-refractivity contribution in [2.75, 3.05) is 25.1 Å². The molecule has 0 bridgehead atoms. The van der Waals surface area contributed by atoms with Crippen LogP contribution in [-0.4, -0.2) is 25.3 Å². The Morgan fingerprint density at radius 3 is 2.24 bits per heavy atom. The highest BCUT2D eigenvalue weighted by molar-refractivity contribution is 5.48. The summed E-state index contributed by atoms with van der Waals surface area (Å²) in [6.45, 7) is 6.24. The minimum Gasteiger partial charge on any atom is -0.497 e. The van der Waals surface area contributed by atoms with Crippen LogP contribution >= 0.6 is 0 Å². The van der Waals surface area contributed by atoms with E-state index in [4.69, 9.17) is 4.74 Å². The maximum absolute atomic E-state index is 10.5. The van der Waals surface area contributed by atoms with E-state index in [9.17, 15) is 5.11 Å². The molecule has 1 N–H and O–H groups in total. The van der Waals surface area contributed by atoms with Crippen molar-refractivity contribution in [2.24, 2.45) is 0 Å². The second kappa shape index (κ2) is 7.14. The number of rotatable bonds is 6. The lowest BCUT2D eigenvalue weighted by atomic mass is 10.0. The molecule has 3 heteroatoms. The largest absolute Gasteiger partial charge is 0.497 e. The van der Waals surface area contributed by atoms with Gasteiger partial charge in [0.05, 0.1) is 7.11 Å². The van der Waals surface area contributed by atoms with Crippen molar-refractivity contribution < 1.29 is 9.84 Å². The standard InChI is InChI=1S/C18H23NO2/c1-4-19(5-2)16-11-9-14(10-12-16)18(20)15-7-6-8-17(13-15)21-3/h6-13,18,20H,4-5H2,1-3H3. The second-order valence-electron chi connectivity index (χ2n) is 4.94. The Kier molecular flexibility index (Phi) is 5.23. The summed E-state index contributed by atoms with van der Waals surface area (Å²) in [6, 6.07) is 15.6. The van der Waals surface area contributed by atoms with E-state index in [0.717, 1.165) is 30.0 Å². The zero-order chi connectivity index (χ0) is 15.2. The number of nitrogens with zero attached hydrogens (tertiary/aromatic N) is 1. The molecule has 2 rings (SSSR count). The average Bonchev–Trinajstić information content (AvgIpc) is 2.56. The van der Waals surface area contributed by atoms with Crippen LogP contribution in [0.5, 0.6) is 5.75 Å². The first-order chi connectivity index (χ1) is 10.2. The van der Waals surface area contributed by atoms with E-state index in [2.05, 4.69) is 30.9 Å². The van der Waals surface area contributed by atoms with Crippen molar-refractivity contribution in [2.45, 2.75) is 20.0 Å². The van der Waals surface area contributed by atoms with Crippen molar-refractivity contribution in [3.63, 3.8) is 0 Å². The molecule has 0 amide bonds. The van der Waals surface area contributed by atoms with Crippen molar-refractivity contribution in [1.82, 2.24) is 0 Å². The zero-order valence-electron chi connectivity index (χ0n) is 12.9. The van der Waals surface area contributed by atoms with Gasteiger partial charge in [-0.25, -0.2) is 0 Å². The van der Waals surface area contributed by atoms with Crippen LogP contribution in [0, 0.1) is 0 Å². The summed E-state index contributed by atoms with van der Waals surface area (Å²) in [7, 11) is 1.63. The van der Waals surface area contributed by atoms with Crippen LogP contribution in [0.15, 0.2) is 48.5 Å². The van der Waals surface area contributed by atoms with Crippen LogP contribution in [0.2, 0.25) is 0 Å².